The minimum atomic E-state index is -0.917. The molecule has 0 heterocycles. The van der Waals surface area contributed by atoms with Crippen LogP contribution in [0.3, 0.4) is 0 Å². The Morgan fingerprint density at radius 1 is 1.09 bits per heavy atom. The minimum Gasteiger partial charge on any atom is -0.444 e. The molecule has 1 aliphatic carbocycles. The zero-order valence-electron chi connectivity index (χ0n) is 20.9. The number of aryl methyl sites for hydroxylation is 1. The summed E-state index contributed by atoms with van der Waals surface area (Å²) in [5.41, 5.74) is 0.637. The molecule has 2 atom stereocenters. The number of hydrogen-bond acceptors (Lipinski definition) is 5. The normalized spacial score (nSPS) is 16.2. The third kappa shape index (κ3) is 7.95. The number of hydrogen-bond donors (Lipinski definition) is 3. The van der Waals surface area contributed by atoms with Crippen LogP contribution in [0.25, 0.3) is 0 Å². The predicted molar refractivity (Wildman–Crippen MR) is 133 cm³/mol. The van der Waals surface area contributed by atoms with E-state index in [0.29, 0.717) is 0 Å². The number of rotatable bonds is 7. The molecule has 0 aromatic heterocycles. The van der Waals surface area contributed by atoms with Gasteiger partial charge in [-0.15, -0.1) is 0 Å². The largest absolute Gasteiger partial charge is 0.444 e. The van der Waals surface area contributed by atoms with E-state index in [0.717, 1.165) is 30.4 Å². The van der Waals surface area contributed by atoms with Crippen molar-refractivity contribution in [1.82, 2.24) is 15.5 Å². The van der Waals surface area contributed by atoms with Crippen LogP contribution in [0.15, 0.2) is 24.3 Å². The minimum absolute atomic E-state index is 0.0858. The summed E-state index contributed by atoms with van der Waals surface area (Å²) >= 11 is 4.32. The highest BCUT2D eigenvalue weighted by Gasteiger charge is 2.42. The van der Waals surface area contributed by atoms with Gasteiger partial charge in [-0.05, 0) is 73.3 Å². The van der Waals surface area contributed by atoms with Crippen molar-refractivity contribution in [3.63, 3.8) is 0 Å². The van der Waals surface area contributed by atoms with Crippen LogP contribution in [0.4, 0.5) is 4.79 Å². The molecule has 184 valence electrons. The van der Waals surface area contributed by atoms with E-state index < -0.39 is 29.3 Å². The van der Waals surface area contributed by atoms with Crippen molar-refractivity contribution in [3.05, 3.63) is 35.4 Å². The average molecular weight is 478 g/mol. The molecule has 33 heavy (non-hydrogen) atoms. The number of carbonyl (C=O) groups excluding carboxylic acids is 3. The summed E-state index contributed by atoms with van der Waals surface area (Å²) in [5, 5.41) is 5.68. The zero-order chi connectivity index (χ0) is 25.0. The Labute approximate surface area is 203 Å². The third-order valence-corrected chi connectivity index (χ3v) is 5.68. The molecular weight excluding hydrogens is 438 g/mol. The summed E-state index contributed by atoms with van der Waals surface area (Å²) in [4.78, 5) is 41.3. The summed E-state index contributed by atoms with van der Waals surface area (Å²) in [6.07, 6.45) is 1.92. The lowest BCUT2D eigenvalue weighted by Crippen LogP contribution is -2.59. The van der Waals surface area contributed by atoms with E-state index in [-0.39, 0.29) is 23.6 Å². The number of carbonyl (C=O) groups is 3. The lowest BCUT2D eigenvalue weighted by molar-refractivity contribution is -0.147. The highest BCUT2D eigenvalue weighted by molar-refractivity contribution is 7.80. The Balaban J connectivity index is 2.42. The molecule has 0 radical (unpaired) electrons. The van der Waals surface area contributed by atoms with Gasteiger partial charge >= 0.3 is 6.09 Å². The molecule has 0 saturated heterocycles. The maximum atomic E-state index is 13.8. The Hall–Kier alpha value is -2.22. The van der Waals surface area contributed by atoms with Crippen LogP contribution in [-0.2, 0) is 14.3 Å². The van der Waals surface area contributed by atoms with Gasteiger partial charge in [-0.1, -0.05) is 29.8 Å². The summed E-state index contributed by atoms with van der Waals surface area (Å²) in [7, 11) is 0. The maximum absolute atomic E-state index is 13.8. The number of benzene rings is 1. The fourth-order valence-electron chi connectivity index (χ4n) is 3.62. The molecule has 2 unspecified atom stereocenters. The smallest absolute Gasteiger partial charge is 0.408 e. The van der Waals surface area contributed by atoms with Gasteiger partial charge in [-0.2, -0.15) is 12.6 Å². The molecular formula is C25H39N3O4S. The molecule has 0 bridgehead atoms. The van der Waals surface area contributed by atoms with Crippen molar-refractivity contribution < 1.29 is 19.1 Å². The fourth-order valence-corrected chi connectivity index (χ4v) is 3.87. The van der Waals surface area contributed by atoms with Crippen LogP contribution < -0.4 is 10.6 Å². The van der Waals surface area contributed by atoms with Gasteiger partial charge in [-0.3, -0.25) is 9.59 Å². The second-order valence-corrected chi connectivity index (χ2v) is 11.1. The van der Waals surface area contributed by atoms with E-state index in [4.69, 9.17) is 4.74 Å². The quantitative estimate of drug-likeness (QED) is 0.515. The number of thiol groups is 1. The lowest BCUT2D eigenvalue weighted by Gasteiger charge is -2.44. The van der Waals surface area contributed by atoms with E-state index in [1.54, 1.807) is 25.7 Å². The molecule has 1 fully saturated rings. The van der Waals surface area contributed by atoms with Gasteiger partial charge in [-0.25, -0.2) is 4.79 Å². The topological polar surface area (TPSA) is 87.7 Å². The molecule has 3 amide bonds. The van der Waals surface area contributed by atoms with Crippen molar-refractivity contribution in [2.75, 3.05) is 5.75 Å². The number of amides is 3. The SMILES string of the molecule is Cc1ccc(C(C(=O)NC(C)(C)C)N(C(=O)C(CS)NC(=O)OC(C)(C)C)C2CCC2)cc1. The molecule has 1 aromatic carbocycles. The van der Waals surface area contributed by atoms with E-state index in [9.17, 15) is 14.4 Å². The lowest BCUT2D eigenvalue weighted by atomic mass is 9.88. The van der Waals surface area contributed by atoms with E-state index in [2.05, 4.69) is 23.3 Å². The van der Waals surface area contributed by atoms with E-state index >= 15 is 0 Å². The molecule has 0 aliphatic heterocycles. The summed E-state index contributed by atoms with van der Waals surface area (Å²) < 4.78 is 5.34. The van der Waals surface area contributed by atoms with Gasteiger partial charge in [0, 0.05) is 17.3 Å². The van der Waals surface area contributed by atoms with E-state index in [1.807, 2.05) is 52.0 Å². The van der Waals surface area contributed by atoms with Crippen LogP contribution in [-0.4, -0.2) is 51.8 Å². The maximum Gasteiger partial charge on any atom is 0.408 e. The van der Waals surface area contributed by atoms with Gasteiger partial charge in [0.05, 0.1) is 0 Å². The molecule has 8 heteroatoms. The van der Waals surface area contributed by atoms with Gasteiger partial charge in [0.1, 0.15) is 17.7 Å². The van der Waals surface area contributed by atoms with Crippen LogP contribution in [0.1, 0.15) is 78.0 Å². The van der Waals surface area contributed by atoms with Crippen LogP contribution in [0.5, 0.6) is 0 Å². The number of alkyl carbamates (subject to hydrolysis) is 1. The monoisotopic (exact) mass is 477 g/mol. The molecule has 0 spiro atoms. The molecule has 7 nitrogen and oxygen atoms in total. The van der Waals surface area contributed by atoms with Crippen molar-refractivity contribution in [2.45, 2.75) is 97.0 Å². The van der Waals surface area contributed by atoms with Crippen molar-refractivity contribution in [2.24, 2.45) is 0 Å². The summed E-state index contributed by atoms with van der Waals surface area (Å²) in [5.74, 6) is -0.500. The molecule has 1 aromatic rings. The van der Waals surface area contributed by atoms with Crippen molar-refractivity contribution >= 4 is 30.5 Å². The molecule has 1 aliphatic rings. The Kier molecular flexibility index (Phi) is 8.85. The highest BCUT2D eigenvalue weighted by atomic mass is 32.1. The first-order valence-electron chi connectivity index (χ1n) is 11.5. The number of nitrogens with zero attached hydrogens (tertiary/aromatic N) is 1. The van der Waals surface area contributed by atoms with Gasteiger partial charge in [0.25, 0.3) is 0 Å². The summed E-state index contributed by atoms with van der Waals surface area (Å²) in [6, 6.07) is 5.83. The van der Waals surface area contributed by atoms with Gasteiger partial charge in [0.15, 0.2) is 0 Å². The van der Waals surface area contributed by atoms with Crippen LogP contribution in [0, 0.1) is 6.92 Å². The molecule has 2 rings (SSSR count). The summed E-state index contributed by atoms with van der Waals surface area (Å²) in [6.45, 7) is 13.0. The van der Waals surface area contributed by atoms with Crippen LogP contribution in [0.2, 0.25) is 0 Å². The van der Waals surface area contributed by atoms with Crippen molar-refractivity contribution in [3.8, 4) is 0 Å². The second-order valence-electron chi connectivity index (χ2n) is 10.8. The first-order valence-corrected chi connectivity index (χ1v) is 12.2. The predicted octanol–water partition coefficient (Wildman–Crippen LogP) is 4.16. The number of nitrogens with one attached hydrogen (secondary N) is 2. The third-order valence-electron chi connectivity index (χ3n) is 5.31. The van der Waals surface area contributed by atoms with Crippen molar-refractivity contribution in [1.29, 1.82) is 0 Å². The Morgan fingerprint density at radius 3 is 2.09 bits per heavy atom. The first-order chi connectivity index (χ1) is 15.2. The average Bonchev–Trinajstić information content (AvgIpc) is 2.62. The second kappa shape index (κ2) is 10.8. The fraction of sp³-hybridized carbons (Fsp3) is 0.640. The number of ether oxygens (including phenoxy) is 1. The zero-order valence-corrected chi connectivity index (χ0v) is 21.8. The Morgan fingerprint density at radius 2 is 1.67 bits per heavy atom. The van der Waals surface area contributed by atoms with Gasteiger partial charge in [0.2, 0.25) is 11.8 Å². The molecule has 1 saturated carbocycles. The van der Waals surface area contributed by atoms with E-state index in [1.165, 1.54) is 0 Å². The first kappa shape index (κ1) is 27.0. The highest BCUT2D eigenvalue weighted by Crippen LogP contribution is 2.34. The van der Waals surface area contributed by atoms with Gasteiger partial charge < -0.3 is 20.3 Å². The standard InChI is InChI=1S/C25H39N3O4S/c1-16-11-13-17(14-12-16)20(21(29)27-24(2,3)4)28(18-9-8-10-18)22(30)19(15-33)26-23(31)32-25(5,6)7/h11-14,18-20,33H,8-10,15H2,1-7H3,(H,26,31)(H,27,29). The van der Waals surface area contributed by atoms with Crippen LogP contribution >= 0.6 is 12.6 Å². The Bertz CT molecular complexity index is 839. The molecule has 2 N–H and O–H groups in total.